The zero-order chi connectivity index (χ0) is 12.1. The van der Waals surface area contributed by atoms with Crippen LogP contribution in [0.15, 0.2) is 0 Å². The number of nitrogens with one attached hydrogen (secondary N) is 3. The Kier molecular flexibility index (Phi) is 17.9. The van der Waals surface area contributed by atoms with Crippen LogP contribution in [0.2, 0.25) is 0 Å². The summed E-state index contributed by atoms with van der Waals surface area (Å²) in [6.45, 7) is 7.24. The lowest BCUT2D eigenvalue weighted by Crippen LogP contribution is -2.40. The molecule has 0 aromatic rings. The molecular formula is C13H34N4. The van der Waals surface area contributed by atoms with Crippen molar-refractivity contribution in [3.63, 3.8) is 0 Å². The number of nitrogens with zero attached hydrogens (tertiary/aromatic N) is 1. The number of piperidine rings is 1. The van der Waals surface area contributed by atoms with Crippen molar-refractivity contribution in [1.29, 1.82) is 0 Å². The highest BCUT2D eigenvalue weighted by molar-refractivity contribution is 4.62. The molecule has 2 saturated heterocycles. The molecule has 2 aliphatic rings. The number of hydrogen-bond acceptors (Lipinski definition) is 4. The highest BCUT2D eigenvalue weighted by Gasteiger charge is 2.01. The van der Waals surface area contributed by atoms with Gasteiger partial charge in [0, 0.05) is 26.2 Å². The van der Waals surface area contributed by atoms with E-state index in [1.807, 2.05) is 14.1 Å². The molecule has 0 aromatic heterocycles. The number of rotatable bonds is 0. The molecular weight excluding hydrogens is 212 g/mol. The Morgan fingerprint density at radius 2 is 1.24 bits per heavy atom. The summed E-state index contributed by atoms with van der Waals surface area (Å²) < 4.78 is 0. The van der Waals surface area contributed by atoms with E-state index in [2.05, 4.69) is 27.9 Å². The Morgan fingerprint density at radius 1 is 0.824 bits per heavy atom. The highest BCUT2D eigenvalue weighted by Crippen LogP contribution is 1.96. The van der Waals surface area contributed by atoms with Crippen LogP contribution in [0.4, 0.5) is 0 Å². The van der Waals surface area contributed by atoms with E-state index < -0.39 is 0 Å². The smallest absolute Gasteiger partial charge is 0.0104 e. The van der Waals surface area contributed by atoms with Gasteiger partial charge in [-0.15, -0.1) is 0 Å². The van der Waals surface area contributed by atoms with Gasteiger partial charge in [0.05, 0.1) is 0 Å². The van der Waals surface area contributed by atoms with E-state index in [0.717, 1.165) is 13.1 Å². The number of hydrogen-bond donors (Lipinski definition) is 3. The monoisotopic (exact) mass is 246 g/mol. The normalized spacial score (nSPS) is 19.9. The zero-order valence-electron chi connectivity index (χ0n) is 11.3. The van der Waals surface area contributed by atoms with Crippen molar-refractivity contribution in [1.82, 2.24) is 20.9 Å². The molecule has 4 nitrogen and oxygen atoms in total. The molecule has 0 radical (unpaired) electrons. The van der Waals surface area contributed by atoms with Crippen LogP contribution in [0, 0.1) is 0 Å². The molecule has 0 aliphatic carbocycles. The third-order valence-corrected chi connectivity index (χ3v) is 2.55. The molecule has 2 fully saturated rings. The predicted octanol–water partition coefficient (Wildman–Crippen LogP) is 0.753. The Labute approximate surface area is 109 Å². The Balaban J connectivity index is 0. The molecule has 4 heteroatoms. The van der Waals surface area contributed by atoms with Crippen molar-refractivity contribution in [2.75, 3.05) is 60.4 Å². The van der Waals surface area contributed by atoms with Crippen LogP contribution in [-0.4, -0.2) is 65.3 Å². The molecule has 0 atom stereocenters. The van der Waals surface area contributed by atoms with Crippen LogP contribution in [-0.2, 0) is 0 Å². The van der Waals surface area contributed by atoms with E-state index in [-0.39, 0.29) is 7.43 Å². The summed E-state index contributed by atoms with van der Waals surface area (Å²) in [5.41, 5.74) is 0. The third kappa shape index (κ3) is 15.8. The topological polar surface area (TPSA) is 39.3 Å². The lowest BCUT2D eigenvalue weighted by molar-refractivity contribution is 0.291. The summed E-state index contributed by atoms with van der Waals surface area (Å²) in [4.78, 5) is 2.33. The Morgan fingerprint density at radius 3 is 1.41 bits per heavy atom. The number of piperazine rings is 1. The quantitative estimate of drug-likeness (QED) is 0.590. The molecule has 0 amide bonds. The first-order valence-corrected chi connectivity index (χ1v) is 6.49. The predicted molar refractivity (Wildman–Crippen MR) is 78.8 cm³/mol. The minimum absolute atomic E-state index is 0. The summed E-state index contributed by atoms with van der Waals surface area (Å²) in [5.74, 6) is 0. The lowest BCUT2D eigenvalue weighted by atomic mass is 10.2. The van der Waals surface area contributed by atoms with Crippen LogP contribution < -0.4 is 16.0 Å². The second kappa shape index (κ2) is 15.8. The van der Waals surface area contributed by atoms with E-state index in [1.54, 1.807) is 0 Å². The van der Waals surface area contributed by atoms with Gasteiger partial charge in [-0.05, 0) is 47.1 Å². The third-order valence-electron chi connectivity index (χ3n) is 2.55. The summed E-state index contributed by atoms with van der Waals surface area (Å²) in [6, 6.07) is 0. The van der Waals surface area contributed by atoms with E-state index in [1.165, 1.54) is 45.4 Å². The van der Waals surface area contributed by atoms with Crippen LogP contribution in [0.3, 0.4) is 0 Å². The average Bonchev–Trinajstić information content (AvgIpc) is 2.34. The molecule has 3 N–H and O–H groups in total. The Bertz CT molecular complexity index is 109. The van der Waals surface area contributed by atoms with Gasteiger partial charge in [0.2, 0.25) is 0 Å². The first-order valence-electron chi connectivity index (χ1n) is 6.49. The summed E-state index contributed by atoms with van der Waals surface area (Å²) in [7, 11) is 5.90. The van der Waals surface area contributed by atoms with Gasteiger partial charge in [0.25, 0.3) is 0 Å². The van der Waals surface area contributed by atoms with Crippen LogP contribution in [0.25, 0.3) is 0 Å². The van der Waals surface area contributed by atoms with Crippen molar-refractivity contribution in [3.05, 3.63) is 0 Å². The molecule has 0 aromatic carbocycles. The zero-order valence-corrected chi connectivity index (χ0v) is 11.3. The van der Waals surface area contributed by atoms with Crippen LogP contribution in [0.1, 0.15) is 26.7 Å². The largest absolute Gasteiger partial charge is 0.323 e. The maximum atomic E-state index is 3.28. The summed E-state index contributed by atoms with van der Waals surface area (Å²) in [5, 5.41) is 9.31. The standard InChI is InChI=1S/C5H12N2.C5H11N.C2H7N.CH4/c1-7-4-2-6-3-5-7;1-2-4-6-5-3-1;1-3-2;/h6H,2-5H2,1H3;6H,1-5H2;3H,1-2H3;1H4. The van der Waals surface area contributed by atoms with E-state index in [0.29, 0.717) is 0 Å². The van der Waals surface area contributed by atoms with Crippen molar-refractivity contribution >= 4 is 0 Å². The molecule has 106 valence electrons. The number of likely N-dealkylation sites (N-methyl/N-ethyl adjacent to an activating group) is 1. The maximum Gasteiger partial charge on any atom is 0.0104 e. The van der Waals surface area contributed by atoms with Gasteiger partial charge in [0.1, 0.15) is 0 Å². The van der Waals surface area contributed by atoms with Gasteiger partial charge in [-0.3, -0.25) is 0 Å². The minimum atomic E-state index is 0. The van der Waals surface area contributed by atoms with Crippen LogP contribution in [0.5, 0.6) is 0 Å². The SMILES string of the molecule is C.C1CCNCC1.CN1CCNCC1.CNC. The molecule has 2 heterocycles. The first kappa shape index (κ1) is 19.2. The average molecular weight is 246 g/mol. The van der Waals surface area contributed by atoms with Crippen molar-refractivity contribution in [3.8, 4) is 0 Å². The fraction of sp³-hybridized carbons (Fsp3) is 1.00. The molecule has 0 unspecified atom stereocenters. The highest BCUT2D eigenvalue weighted by atomic mass is 15.2. The van der Waals surface area contributed by atoms with Crippen LogP contribution >= 0.6 is 0 Å². The van der Waals surface area contributed by atoms with Gasteiger partial charge in [-0.1, -0.05) is 13.8 Å². The maximum absolute atomic E-state index is 3.28. The molecule has 0 bridgehead atoms. The van der Waals surface area contributed by atoms with E-state index in [9.17, 15) is 0 Å². The van der Waals surface area contributed by atoms with Gasteiger partial charge < -0.3 is 20.9 Å². The molecule has 2 aliphatic heterocycles. The minimum Gasteiger partial charge on any atom is -0.323 e. The molecule has 0 spiro atoms. The fourth-order valence-electron chi connectivity index (χ4n) is 1.58. The van der Waals surface area contributed by atoms with Crippen molar-refractivity contribution < 1.29 is 0 Å². The second-order valence-corrected chi connectivity index (χ2v) is 4.36. The van der Waals surface area contributed by atoms with Crippen molar-refractivity contribution in [2.45, 2.75) is 26.7 Å². The molecule has 2 rings (SSSR count). The van der Waals surface area contributed by atoms with E-state index in [4.69, 9.17) is 0 Å². The van der Waals surface area contributed by atoms with Gasteiger partial charge in [-0.2, -0.15) is 0 Å². The van der Waals surface area contributed by atoms with Gasteiger partial charge in [0.15, 0.2) is 0 Å². The summed E-state index contributed by atoms with van der Waals surface area (Å²) >= 11 is 0. The molecule has 0 saturated carbocycles. The molecule has 17 heavy (non-hydrogen) atoms. The lowest BCUT2D eigenvalue weighted by Gasteiger charge is -2.21. The summed E-state index contributed by atoms with van der Waals surface area (Å²) in [6.07, 6.45) is 4.22. The fourth-order valence-corrected chi connectivity index (χ4v) is 1.58. The van der Waals surface area contributed by atoms with Gasteiger partial charge >= 0.3 is 0 Å². The Hall–Kier alpha value is -0.160. The first-order chi connectivity index (χ1) is 7.81. The van der Waals surface area contributed by atoms with Gasteiger partial charge in [-0.25, -0.2) is 0 Å². The second-order valence-electron chi connectivity index (χ2n) is 4.36. The van der Waals surface area contributed by atoms with E-state index >= 15 is 0 Å². The van der Waals surface area contributed by atoms with Crippen molar-refractivity contribution in [2.24, 2.45) is 0 Å².